The highest BCUT2D eigenvalue weighted by Crippen LogP contribution is 2.41. The summed E-state index contributed by atoms with van der Waals surface area (Å²) < 4.78 is 35.0. The smallest absolute Gasteiger partial charge is 0.141 e. The summed E-state index contributed by atoms with van der Waals surface area (Å²) in [6.45, 7) is 6.49. The number of hydrogen-bond donors (Lipinski definition) is 1. The molecule has 0 bridgehead atoms. The van der Waals surface area contributed by atoms with Crippen LogP contribution in [-0.2, 0) is 4.74 Å². The van der Waals surface area contributed by atoms with Gasteiger partial charge in [-0.05, 0) is 66.9 Å². The summed E-state index contributed by atoms with van der Waals surface area (Å²) in [5.74, 6) is -0.953. The van der Waals surface area contributed by atoms with E-state index >= 15 is 0 Å². The van der Waals surface area contributed by atoms with Gasteiger partial charge in [0.05, 0.1) is 18.8 Å². The minimum atomic E-state index is -0.594. The molecule has 2 aliphatic heterocycles. The zero-order valence-corrected chi connectivity index (χ0v) is 17.3. The highest BCUT2D eigenvalue weighted by Gasteiger charge is 2.20. The van der Waals surface area contributed by atoms with E-state index in [0.29, 0.717) is 11.1 Å². The Morgan fingerprint density at radius 2 is 1.93 bits per heavy atom. The number of benzene rings is 2. The highest BCUT2D eigenvalue weighted by atomic mass is 32.2. The third-order valence-corrected chi connectivity index (χ3v) is 5.61. The number of nitrogens with one attached hydrogen (secondary N) is 1. The van der Waals surface area contributed by atoms with E-state index in [1.165, 1.54) is 24.3 Å². The number of nitriles is 1. The van der Waals surface area contributed by atoms with Gasteiger partial charge in [-0.15, -0.1) is 0 Å². The molecule has 7 heteroatoms. The van der Waals surface area contributed by atoms with Crippen LogP contribution in [0.3, 0.4) is 0 Å². The van der Waals surface area contributed by atoms with E-state index in [1.807, 2.05) is 14.0 Å². The van der Waals surface area contributed by atoms with Gasteiger partial charge >= 0.3 is 0 Å². The Bertz CT molecular complexity index is 940. The minimum Gasteiger partial charge on any atom is -0.379 e. The molecule has 2 heterocycles. The van der Waals surface area contributed by atoms with Crippen LogP contribution in [0.1, 0.15) is 16.7 Å². The molecule has 29 heavy (non-hydrogen) atoms. The van der Waals surface area contributed by atoms with Gasteiger partial charge in [-0.1, -0.05) is 12.1 Å². The van der Waals surface area contributed by atoms with Crippen molar-refractivity contribution in [1.29, 1.82) is 5.26 Å². The lowest BCUT2D eigenvalue weighted by Gasteiger charge is -2.15. The molecule has 2 aromatic carbocycles. The van der Waals surface area contributed by atoms with E-state index in [2.05, 4.69) is 15.7 Å². The van der Waals surface area contributed by atoms with Crippen LogP contribution in [0.5, 0.6) is 0 Å². The first-order valence-electron chi connectivity index (χ1n) is 9.38. The second-order valence-electron chi connectivity index (χ2n) is 6.78. The molecule has 1 saturated heterocycles. The monoisotopic (exact) mass is 415 g/mol. The van der Waals surface area contributed by atoms with Crippen LogP contribution < -0.4 is 5.32 Å². The van der Waals surface area contributed by atoms with Crippen LogP contribution in [0.2, 0.25) is 0 Å². The maximum atomic E-state index is 14.0. The molecule has 1 fully saturated rings. The minimum absolute atomic E-state index is 0.0161. The molecule has 0 radical (unpaired) electrons. The Morgan fingerprint density at radius 1 is 1.17 bits per heavy atom. The zero-order valence-electron chi connectivity index (χ0n) is 16.5. The van der Waals surface area contributed by atoms with E-state index in [4.69, 9.17) is 10.00 Å². The maximum absolute atomic E-state index is 14.0. The van der Waals surface area contributed by atoms with Crippen LogP contribution in [0, 0.1) is 29.9 Å². The topological polar surface area (TPSA) is 48.3 Å². The number of hydrogen-bond acceptors (Lipinski definition) is 5. The lowest BCUT2D eigenvalue weighted by atomic mass is 9.94. The van der Waals surface area contributed by atoms with Crippen molar-refractivity contribution in [3.63, 3.8) is 0 Å². The van der Waals surface area contributed by atoms with Gasteiger partial charge in [-0.2, -0.15) is 5.26 Å². The van der Waals surface area contributed by atoms with Crippen LogP contribution in [-0.4, -0.2) is 44.2 Å². The van der Waals surface area contributed by atoms with Gasteiger partial charge in [-0.25, -0.2) is 13.1 Å². The summed E-state index contributed by atoms with van der Waals surface area (Å²) in [4.78, 5) is 1.03. The summed E-state index contributed by atoms with van der Waals surface area (Å²) in [6, 6.07) is 9.08. The largest absolute Gasteiger partial charge is 0.379 e. The van der Waals surface area contributed by atoms with Gasteiger partial charge in [0, 0.05) is 30.1 Å². The van der Waals surface area contributed by atoms with E-state index < -0.39 is 5.82 Å². The van der Waals surface area contributed by atoms with E-state index in [1.54, 1.807) is 24.1 Å². The fraction of sp³-hybridized carbons (Fsp3) is 0.318. The van der Waals surface area contributed by atoms with Crippen LogP contribution >= 0.6 is 11.9 Å². The van der Waals surface area contributed by atoms with Crippen LogP contribution in [0.4, 0.5) is 8.78 Å². The van der Waals surface area contributed by atoms with Gasteiger partial charge in [-0.3, -0.25) is 0 Å². The lowest BCUT2D eigenvalue weighted by Crippen LogP contribution is -2.30. The number of halogens is 2. The third-order valence-electron chi connectivity index (χ3n) is 4.58. The molecule has 152 valence electrons. The molecule has 2 aromatic rings. The summed E-state index contributed by atoms with van der Waals surface area (Å²) in [5.41, 5.74) is 2.90. The van der Waals surface area contributed by atoms with E-state index in [9.17, 15) is 8.78 Å². The highest BCUT2D eigenvalue weighted by molar-refractivity contribution is 8.06. The molecule has 2 aliphatic rings. The van der Waals surface area contributed by atoms with Crippen molar-refractivity contribution < 1.29 is 13.5 Å². The van der Waals surface area contributed by atoms with Crippen molar-refractivity contribution >= 4 is 16.9 Å². The molecule has 0 atom stereocenters. The second-order valence-corrected chi connectivity index (χ2v) is 8.03. The molecule has 0 amide bonds. The molecule has 4 nitrogen and oxygen atoms in total. The molecule has 0 aliphatic carbocycles. The second kappa shape index (κ2) is 9.99. The quantitative estimate of drug-likeness (QED) is 0.739. The average molecular weight is 416 g/mol. The number of rotatable bonds is 2. The molecule has 0 unspecified atom stereocenters. The van der Waals surface area contributed by atoms with Crippen LogP contribution in [0.25, 0.3) is 16.0 Å². The number of nitrogens with zero attached hydrogens (tertiary/aromatic N) is 2. The van der Waals surface area contributed by atoms with Crippen molar-refractivity contribution in [1.82, 2.24) is 9.62 Å². The Kier molecular flexibility index (Phi) is 7.40. The standard InChI is InChI=1S/C18H14F2N2S.C4H9NO/c1-11-7-14(19)9-15(18(11)17-5-6-22(2)23-17)12-3-4-13(10-21)16(20)8-12;1-3-6-4-2-5-1/h3-5,7-9H,6H2,1-2H3;5H,1-4H2. The first-order chi connectivity index (χ1) is 14.0. The number of morpholine rings is 1. The van der Waals surface area contributed by atoms with Gasteiger partial charge < -0.3 is 10.1 Å². The Hall–Kier alpha value is -2.24. The van der Waals surface area contributed by atoms with Crippen molar-refractivity contribution in [2.24, 2.45) is 0 Å². The fourth-order valence-electron chi connectivity index (χ4n) is 3.19. The predicted octanol–water partition coefficient (Wildman–Crippen LogP) is 4.35. The molecular formula is C22H23F2N3OS. The molecular weight excluding hydrogens is 392 g/mol. The molecule has 0 saturated carbocycles. The molecule has 1 N–H and O–H groups in total. The van der Waals surface area contributed by atoms with Gasteiger partial charge in [0.1, 0.15) is 17.7 Å². The Labute approximate surface area is 174 Å². The normalized spacial score (nSPS) is 16.6. The Balaban J connectivity index is 0.000000343. The summed E-state index contributed by atoms with van der Waals surface area (Å²) in [6.07, 6.45) is 2.08. The van der Waals surface area contributed by atoms with Gasteiger partial charge in [0.2, 0.25) is 0 Å². The van der Waals surface area contributed by atoms with E-state index in [0.717, 1.165) is 48.9 Å². The van der Waals surface area contributed by atoms with Gasteiger partial charge in [0.15, 0.2) is 0 Å². The van der Waals surface area contributed by atoms with Crippen molar-refractivity contribution in [2.45, 2.75) is 6.92 Å². The number of ether oxygens (including phenoxy) is 1. The van der Waals surface area contributed by atoms with Crippen LogP contribution in [0.15, 0.2) is 36.4 Å². The predicted molar refractivity (Wildman–Crippen MR) is 113 cm³/mol. The Morgan fingerprint density at radius 3 is 2.45 bits per heavy atom. The number of aryl methyl sites for hydroxylation is 1. The molecule has 4 rings (SSSR count). The first-order valence-corrected chi connectivity index (χ1v) is 10.1. The third kappa shape index (κ3) is 5.43. The van der Waals surface area contributed by atoms with Crippen molar-refractivity contribution in [2.75, 3.05) is 39.9 Å². The van der Waals surface area contributed by atoms with Crippen molar-refractivity contribution in [3.8, 4) is 17.2 Å². The number of likely N-dealkylation sites (N-methyl/N-ethyl adjacent to an activating group) is 1. The lowest BCUT2D eigenvalue weighted by molar-refractivity contribution is 0.109. The first kappa shape index (κ1) is 21.5. The summed E-state index contributed by atoms with van der Waals surface area (Å²) in [5, 5.41) is 12.0. The zero-order chi connectivity index (χ0) is 20.8. The summed E-state index contributed by atoms with van der Waals surface area (Å²) >= 11 is 1.59. The van der Waals surface area contributed by atoms with Gasteiger partial charge in [0.25, 0.3) is 0 Å². The average Bonchev–Trinajstić information content (AvgIpc) is 3.15. The van der Waals surface area contributed by atoms with E-state index in [-0.39, 0.29) is 11.4 Å². The molecule has 0 aromatic heterocycles. The fourth-order valence-corrected chi connectivity index (χ4v) is 4.18. The SMILES string of the molecule is C1COCCN1.Cc1cc(F)cc(-c2ccc(C#N)c(F)c2)c1C1=CCN(C)S1. The molecule has 0 spiro atoms. The van der Waals surface area contributed by atoms with Crippen molar-refractivity contribution in [3.05, 3.63) is 64.7 Å². The maximum Gasteiger partial charge on any atom is 0.141 e. The summed E-state index contributed by atoms with van der Waals surface area (Å²) in [7, 11) is 1.98.